The molecule has 2 atom stereocenters. The quantitative estimate of drug-likeness (QED) is 0.656. The van der Waals surface area contributed by atoms with E-state index in [1.54, 1.807) is 0 Å². The highest BCUT2D eigenvalue weighted by Gasteiger charge is 2.60. The number of rotatable bonds is 3. The van der Waals surface area contributed by atoms with Crippen LogP contribution in [0.1, 0.15) is 44.1 Å². The Morgan fingerprint density at radius 2 is 1.83 bits per heavy atom. The van der Waals surface area contributed by atoms with E-state index in [0.29, 0.717) is 12.5 Å². The number of alkyl halides is 1. The second kappa shape index (κ2) is 5.49. The molecule has 4 aliphatic rings. The summed E-state index contributed by atoms with van der Waals surface area (Å²) in [7, 11) is 1.95. The van der Waals surface area contributed by atoms with Gasteiger partial charge in [0.2, 0.25) is 5.91 Å². The Hall–Kier alpha value is -0.540. The molecule has 5 rings (SSSR count). The topological polar surface area (TPSA) is 20.3 Å². The molecule has 4 heteroatoms. The smallest absolute Gasteiger partial charge is 0.228 e. The van der Waals surface area contributed by atoms with Gasteiger partial charge in [-0.25, -0.2) is 0 Å². The molecule has 2 nitrogen and oxygen atoms in total. The van der Waals surface area contributed by atoms with E-state index in [4.69, 9.17) is 11.6 Å². The van der Waals surface area contributed by atoms with Crippen molar-refractivity contribution >= 4 is 33.4 Å². The first-order valence-electron chi connectivity index (χ1n) is 8.56. The molecule has 4 fully saturated rings. The summed E-state index contributed by atoms with van der Waals surface area (Å²) in [6.45, 7) is 0.669. The van der Waals surface area contributed by atoms with Crippen LogP contribution in [0.3, 0.4) is 0 Å². The number of nitrogens with zero attached hydrogens (tertiary/aromatic N) is 1. The van der Waals surface area contributed by atoms with E-state index >= 15 is 0 Å². The Bertz CT molecular complexity index is 615. The van der Waals surface area contributed by atoms with Crippen LogP contribution in [0.15, 0.2) is 24.3 Å². The van der Waals surface area contributed by atoms with E-state index in [-0.39, 0.29) is 9.74 Å². The monoisotopic (exact) mass is 395 g/mol. The molecule has 2 unspecified atom stereocenters. The van der Waals surface area contributed by atoms with Crippen molar-refractivity contribution in [1.82, 2.24) is 4.90 Å². The molecule has 0 aliphatic heterocycles. The molecule has 0 saturated heterocycles. The Kier molecular flexibility index (Phi) is 3.81. The lowest BCUT2D eigenvalue weighted by atomic mass is 9.49. The zero-order valence-corrected chi connectivity index (χ0v) is 15.9. The molecule has 1 amide bonds. The second-order valence-electron chi connectivity index (χ2n) is 8.18. The molecular weight excluding hydrogens is 374 g/mol. The van der Waals surface area contributed by atoms with Crippen molar-refractivity contribution in [3.63, 3.8) is 0 Å². The van der Waals surface area contributed by atoms with Crippen molar-refractivity contribution in [1.29, 1.82) is 0 Å². The number of halogens is 2. The zero-order chi connectivity index (χ0) is 16.2. The van der Waals surface area contributed by atoms with Gasteiger partial charge in [-0.15, -0.1) is 0 Å². The number of carbonyl (C=O) groups is 1. The molecule has 0 radical (unpaired) electrons. The van der Waals surface area contributed by atoms with Crippen molar-refractivity contribution in [2.75, 3.05) is 7.05 Å². The Balaban J connectivity index is 1.53. The molecule has 0 N–H and O–H groups in total. The van der Waals surface area contributed by atoms with Gasteiger partial charge < -0.3 is 4.90 Å². The average molecular weight is 397 g/mol. The summed E-state index contributed by atoms with van der Waals surface area (Å²) in [5, 5.41) is 0.741. The van der Waals surface area contributed by atoms with Crippen molar-refractivity contribution < 1.29 is 4.79 Å². The summed E-state index contributed by atoms with van der Waals surface area (Å²) in [6.07, 6.45) is 7.08. The maximum Gasteiger partial charge on any atom is 0.228 e. The highest BCUT2D eigenvalue weighted by Crippen LogP contribution is 2.64. The molecule has 4 saturated carbocycles. The van der Waals surface area contributed by atoms with Gasteiger partial charge >= 0.3 is 0 Å². The molecule has 1 aromatic carbocycles. The van der Waals surface area contributed by atoms with Crippen LogP contribution in [-0.2, 0) is 11.3 Å². The Morgan fingerprint density at radius 1 is 1.22 bits per heavy atom. The fraction of sp³-hybridized carbons (Fsp3) is 0.632. The van der Waals surface area contributed by atoms with Crippen LogP contribution in [-0.4, -0.2) is 22.2 Å². The summed E-state index contributed by atoms with van der Waals surface area (Å²) >= 11 is 9.95. The van der Waals surface area contributed by atoms with E-state index in [1.807, 2.05) is 36.2 Å². The summed E-state index contributed by atoms with van der Waals surface area (Å²) < 4.78 is 0.230. The van der Waals surface area contributed by atoms with E-state index in [9.17, 15) is 4.79 Å². The molecule has 0 aromatic heterocycles. The summed E-state index contributed by atoms with van der Waals surface area (Å²) in [5.41, 5.74) is 1.03. The lowest BCUT2D eigenvalue weighted by Gasteiger charge is -2.60. The van der Waals surface area contributed by atoms with Gasteiger partial charge in [0.1, 0.15) is 0 Å². The molecule has 23 heavy (non-hydrogen) atoms. The largest absolute Gasteiger partial charge is 0.341 e. The maximum absolute atomic E-state index is 13.3. The molecule has 0 spiro atoms. The van der Waals surface area contributed by atoms with Gasteiger partial charge in [-0.3, -0.25) is 4.79 Å². The van der Waals surface area contributed by atoms with E-state index in [2.05, 4.69) is 15.9 Å². The number of amides is 1. The third-order valence-corrected chi connectivity index (χ3v) is 7.30. The third-order valence-electron chi connectivity index (χ3n) is 6.12. The van der Waals surface area contributed by atoms with Gasteiger partial charge in [-0.2, -0.15) is 0 Å². The first kappa shape index (κ1) is 16.0. The maximum atomic E-state index is 13.3. The predicted octanol–water partition coefficient (Wildman–Crippen LogP) is 5.03. The first-order valence-corrected chi connectivity index (χ1v) is 9.74. The lowest BCUT2D eigenvalue weighted by Crippen LogP contribution is -2.58. The van der Waals surface area contributed by atoms with Crippen LogP contribution in [0, 0.1) is 17.3 Å². The second-order valence-corrected chi connectivity index (χ2v) is 10.3. The zero-order valence-electron chi connectivity index (χ0n) is 13.5. The average Bonchev–Trinajstić information content (AvgIpc) is 2.46. The number of hydrogen-bond acceptors (Lipinski definition) is 1. The van der Waals surface area contributed by atoms with Crippen LogP contribution in [0.4, 0.5) is 0 Å². The summed E-state index contributed by atoms with van der Waals surface area (Å²) in [5.74, 6) is 1.83. The molecule has 1 aromatic rings. The molecule has 124 valence electrons. The molecule has 0 heterocycles. The minimum Gasteiger partial charge on any atom is -0.341 e. The van der Waals surface area contributed by atoms with Gasteiger partial charge in [0, 0.05) is 22.9 Å². The van der Waals surface area contributed by atoms with Crippen molar-refractivity contribution in [3.8, 4) is 0 Å². The van der Waals surface area contributed by atoms with Gasteiger partial charge in [0.05, 0.1) is 5.41 Å². The predicted molar refractivity (Wildman–Crippen MR) is 96.7 cm³/mol. The van der Waals surface area contributed by atoms with Gasteiger partial charge in [-0.1, -0.05) is 39.7 Å². The Morgan fingerprint density at radius 3 is 2.39 bits per heavy atom. The molecule has 4 aliphatic carbocycles. The summed E-state index contributed by atoms with van der Waals surface area (Å²) in [4.78, 5) is 15.2. The molecular formula is C19H23BrClNO. The van der Waals surface area contributed by atoms with Gasteiger partial charge in [0.15, 0.2) is 0 Å². The van der Waals surface area contributed by atoms with Crippen LogP contribution >= 0.6 is 27.5 Å². The van der Waals surface area contributed by atoms with Crippen LogP contribution < -0.4 is 0 Å². The lowest BCUT2D eigenvalue weighted by molar-refractivity contribution is -0.154. The van der Waals surface area contributed by atoms with Crippen molar-refractivity contribution in [3.05, 3.63) is 34.9 Å². The number of benzene rings is 1. The molecule has 4 bridgehead atoms. The van der Waals surface area contributed by atoms with E-state index < -0.39 is 0 Å². The van der Waals surface area contributed by atoms with Crippen LogP contribution in [0.2, 0.25) is 5.02 Å². The minimum atomic E-state index is -0.116. The van der Waals surface area contributed by atoms with Crippen molar-refractivity contribution in [2.24, 2.45) is 17.3 Å². The van der Waals surface area contributed by atoms with E-state index in [0.717, 1.165) is 41.7 Å². The standard InChI is InChI=1S/C19H23BrClNO/c1-22(11-13-2-4-16(21)5-3-13)17(23)18-7-14-6-15(8-18)10-19(20,9-14)12-18/h2-5,14-15H,6-12H2,1H3. The normalized spacial score (nSPS) is 37.9. The highest BCUT2D eigenvalue weighted by atomic mass is 79.9. The van der Waals surface area contributed by atoms with Crippen LogP contribution in [0.5, 0.6) is 0 Å². The summed E-state index contributed by atoms with van der Waals surface area (Å²) in [6, 6.07) is 7.82. The fourth-order valence-electron chi connectivity index (χ4n) is 5.74. The fourth-order valence-corrected chi connectivity index (χ4v) is 7.32. The van der Waals surface area contributed by atoms with Gasteiger partial charge in [0.25, 0.3) is 0 Å². The number of carbonyl (C=O) groups excluding carboxylic acids is 1. The third kappa shape index (κ3) is 2.84. The van der Waals surface area contributed by atoms with E-state index in [1.165, 1.54) is 19.3 Å². The highest BCUT2D eigenvalue weighted by molar-refractivity contribution is 9.10. The Labute approximate surface area is 151 Å². The van der Waals surface area contributed by atoms with Crippen molar-refractivity contribution in [2.45, 2.75) is 49.4 Å². The van der Waals surface area contributed by atoms with Gasteiger partial charge in [-0.05, 0) is 68.1 Å². The first-order chi connectivity index (χ1) is 10.9. The number of hydrogen-bond donors (Lipinski definition) is 0. The van der Waals surface area contributed by atoms with Crippen LogP contribution in [0.25, 0.3) is 0 Å². The minimum absolute atomic E-state index is 0.116. The SMILES string of the molecule is CN(Cc1ccc(Cl)cc1)C(=O)C12CC3CC(CC(Br)(C3)C1)C2.